The molecule has 1 N–H and O–H groups in total. The van der Waals surface area contributed by atoms with E-state index in [1.54, 1.807) is 12.1 Å². The molecule has 0 heterocycles. The second-order valence-electron chi connectivity index (χ2n) is 3.54. The summed E-state index contributed by atoms with van der Waals surface area (Å²) in [4.78, 5) is 0. The minimum Gasteiger partial charge on any atom is -0.504 e. The summed E-state index contributed by atoms with van der Waals surface area (Å²) in [5, 5.41) is 9.94. The Kier molecular flexibility index (Phi) is 5.39. The molecule has 0 aliphatic rings. The van der Waals surface area contributed by atoms with Crippen LogP contribution < -0.4 is 4.74 Å². The fraction of sp³-hybridized carbons (Fsp3) is 0. The van der Waals surface area contributed by atoms with E-state index in [0.717, 1.165) is 17.9 Å². The van der Waals surface area contributed by atoms with Crippen LogP contribution in [0.15, 0.2) is 46.6 Å². The van der Waals surface area contributed by atoms with Crippen LogP contribution in [-0.4, -0.2) is 5.11 Å². The van der Waals surface area contributed by atoms with E-state index in [4.69, 9.17) is 4.74 Å². The molecule has 0 atom stereocenters. The Morgan fingerprint density at radius 1 is 0.789 bits per heavy atom. The molecule has 0 aliphatic carbocycles. The minimum absolute atomic E-state index is 0.0456. The molecule has 2 rings (SSSR count). The number of halogens is 5. The zero-order valence-corrected chi connectivity index (χ0v) is 17.0. The minimum atomic E-state index is 0.0456. The van der Waals surface area contributed by atoms with Crippen LogP contribution in [0.1, 0.15) is 0 Å². The molecule has 0 amide bonds. The number of ether oxygens (including phenoxy) is 1. The molecule has 0 unspecified atom stereocenters. The topological polar surface area (TPSA) is 29.5 Å². The molecule has 0 saturated carbocycles. The lowest BCUT2D eigenvalue weighted by molar-refractivity contribution is 0.407. The zero-order chi connectivity index (χ0) is 14.2. The average molecular weight is 581 g/mol. The van der Waals surface area contributed by atoms with E-state index in [-0.39, 0.29) is 5.75 Å². The van der Waals surface area contributed by atoms with E-state index in [0.29, 0.717) is 16.0 Å². The molecule has 7 heteroatoms. The Balaban J connectivity index is 2.48. The van der Waals surface area contributed by atoms with Crippen LogP contribution in [0.2, 0.25) is 0 Å². The van der Waals surface area contributed by atoms with E-state index in [1.165, 1.54) is 0 Å². The van der Waals surface area contributed by atoms with Crippen LogP contribution in [-0.2, 0) is 0 Å². The Labute approximate surface area is 152 Å². The van der Waals surface area contributed by atoms with E-state index < -0.39 is 0 Å². The largest absolute Gasteiger partial charge is 0.504 e. The molecule has 0 spiro atoms. The van der Waals surface area contributed by atoms with Gasteiger partial charge >= 0.3 is 0 Å². The summed E-state index contributed by atoms with van der Waals surface area (Å²) < 4.78 is 9.67. The van der Waals surface area contributed by atoms with Crippen LogP contribution >= 0.6 is 79.6 Å². The van der Waals surface area contributed by atoms with Crippen molar-refractivity contribution in [1.29, 1.82) is 0 Å². The van der Waals surface area contributed by atoms with Crippen molar-refractivity contribution in [3.05, 3.63) is 46.6 Å². The van der Waals surface area contributed by atoms with Crippen LogP contribution in [0.3, 0.4) is 0 Å². The number of rotatable bonds is 2. The first kappa shape index (κ1) is 15.8. The SMILES string of the molecule is Oc1cc(Br)cc(Br)c1Oc1cc(Br)cc(Br)c1Br. The molecule has 0 bridgehead atoms. The van der Waals surface area contributed by atoms with Gasteiger partial charge in [0.2, 0.25) is 0 Å². The van der Waals surface area contributed by atoms with Crippen molar-refractivity contribution >= 4 is 79.6 Å². The Hall–Kier alpha value is 0.440. The summed E-state index contributed by atoms with van der Waals surface area (Å²) in [7, 11) is 0. The first-order valence-electron chi connectivity index (χ1n) is 4.89. The lowest BCUT2D eigenvalue weighted by atomic mass is 10.3. The number of benzene rings is 2. The molecule has 100 valence electrons. The van der Waals surface area contributed by atoms with Gasteiger partial charge in [0.1, 0.15) is 5.75 Å². The predicted octanol–water partition coefficient (Wildman–Crippen LogP) is 7.00. The Bertz CT molecular complexity index is 619. The van der Waals surface area contributed by atoms with E-state index in [1.807, 2.05) is 12.1 Å². The van der Waals surface area contributed by atoms with E-state index in [2.05, 4.69) is 79.6 Å². The van der Waals surface area contributed by atoms with Gasteiger partial charge < -0.3 is 9.84 Å². The van der Waals surface area contributed by atoms with Gasteiger partial charge in [-0.25, -0.2) is 0 Å². The average Bonchev–Trinajstić information content (AvgIpc) is 2.29. The maximum Gasteiger partial charge on any atom is 0.183 e. The Morgan fingerprint density at radius 2 is 1.37 bits per heavy atom. The molecule has 2 aromatic carbocycles. The van der Waals surface area contributed by atoms with Crippen LogP contribution in [0.25, 0.3) is 0 Å². The monoisotopic (exact) mass is 576 g/mol. The second-order valence-corrected chi connectivity index (χ2v) is 7.87. The van der Waals surface area contributed by atoms with Gasteiger partial charge in [-0.3, -0.25) is 0 Å². The Morgan fingerprint density at radius 3 is 2.00 bits per heavy atom. The maximum absolute atomic E-state index is 9.94. The molecule has 0 aliphatic heterocycles. The van der Waals surface area contributed by atoms with Crippen LogP contribution in [0.4, 0.5) is 0 Å². The highest BCUT2D eigenvalue weighted by Gasteiger charge is 2.14. The number of aromatic hydroxyl groups is 1. The first-order chi connectivity index (χ1) is 8.88. The maximum atomic E-state index is 9.94. The summed E-state index contributed by atoms with van der Waals surface area (Å²) in [6.07, 6.45) is 0. The van der Waals surface area contributed by atoms with E-state index in [9.17, 15) is 5.11 Å². The number of phenolic OH excluding ortho intramolecular Hbond substituents is 1. The number of hydrogen-bond acceptors (Lipinski definition) is 2. The van der Waals surface area contributed by atoms with Gasteiger partial charge in [0.05, 0.1) is 8.95 Å². The van der Waals surface area contributed by atoms with Gasteiger partial charge in [-0.2, -0.15) is 0 Å². The lowest BCUT2D eigenvalue weighted by Gasteiger charge is -2.13. The summed E-state index contributed by atoms with van der Waals surface area (Å²) in [5.74, 6) is 0.984. The smallest absolute Gasteiger partial charge is 0.183 e. The normalized spacial score (nSPS) is 10.6. The van der Waals surface area contributed by atoms with Crippen molar-refractivity contribution in [3.8, 4) is 17.2 Å². The summed E-state index contributed by atoms with van der Waals surface area (Å²) in [6, 6.07) is 7.08. The van der Waals surface area contributed by atoms with Crippen molar-refractivity contribution in [3.63, 3.8) is 0 Å². The lowest BCUT2D eigenvalue weighted by Crippen LogP contribution is -1.89. The van der Waals surface area contributed by atoms with Crippen LogP contribution in [0.5, 0.6) is 17.2 Å². The van der Waals surface area contributed by atoms with Gasteiger partial charge in [0.25, 0.3) is 0 Å². The summed E-state index contributed by atoms with van der Waals surface area (Å²) in [5.41, 5.74) is 0. The second kappa shape index (κ2) is 6.47. The quantitative estimate of drug-likeness (QED) is 0.388. The van der Waals surface area contributed by atoms with Gasteiger partial charge in [-0.15, -0.1) is 0 Å². The summed E-state index contributed by atoms with van der Waals surface area (Å²) in [6.45, 7) is 0. The van der Waals surface area contributed by atoms with Crippen molar-refractivity contribution < 1.29 is 9.84 Å². The van der Waals surface area contributed by atoms with Gasteiger partial charge in [-0.05, 0) is 72.1 Å². The first-order valence-corrected chi connectivity index (χ1v) is 8.85. The number of hydrogen-bond donors (Lipinski definition) is 1. The predicted molar refractivity (Wildman–Crippen MR) is 93.1 cm³/mol. The van der Waals surface area contributed by atoms with Gasteiger partial charge in [0, 0.05) is 13.4 Å². The van der Waals surface area contributed by atoms with Crippen LogP contribution in [0, 0.1) is 0 Å². The molecule has 0 saturated heterocycles. The fourth-order valence-corrected chi connectivity index (χ4v) is 4.14. The molecule has 0 fully saturated rings. The zero-order valence-electron chi connectivity index (χ0n) is 9.05. The number of phenols is 1. The molecule has 0 radical (unpaired) electrons. The molecule has 2 aromatic rings. The molecule has 0 aromatic heterocycles. The fourth-order valence-electron chi connectivity index (χ4n) is 1.36. The van der Waals surface area contributed by atoms with Gasteiger partial charge in [0.15, 0.2) is 11.5 Å². The van der Waals surface area contributed by atoms with Crippen molar-refractivity contribution in [2.45, 2.75) is 0 Å². The van der Waals surface area contributed by atoms with Gasteiger partial charge in [-0.1, -0.05) is 31.9 Å². The third-order valence-electron chi connectivity index (χ3n) is 2.16. The molecule has 2 nitrogen and oxygen atoms in total. The highest BCUT2D eigenvalue weighted by atomic mass is 79.9. The molecule has 19 heavy (non-hydrogen) atoms. The standard InChI is InChI=1S/C12H5Br5O2/c13-5-2-8(16)12(9(18)3-5)19-10-4-6(14)1-7(15)11(10)17/h1-4,18H. The third-order valence-corrected chi connectivity index (χ3v) is 5.64. The highest BCUT2D eigenvalue weighted by Crippen LogP contribution is 2.44. The molecular weight excluding hydrogens is 576 g/mol. The van der Waals surface area contributed by atoms with E-state index >= 15 is 0 Å². The molecular formula is C12H5Br5O2. The third kappa shape index (κ3) is 3.75. The van der Waals surface area contributed by atoms with Crippen molar-refractivity contribution in [2.24, 2.45) is 0 Å². The van der Waals surface area contributed by atoms with Crippen molar-refractivity contribution in [1.82, 2.24) is 0 Å². The highest BCUT2D eigenvalue weighted by molar-refractivity contribution is 9.13. The van der Waals surface area contributed by atoms with Crippen molar-refractivity contribution in [2.75, 3.05) is 0 Å². The summed E-state index contributed by atoms with van der Waals surface area (Å²) >= 11 is 16.9.